The summed E-state index contributed by atoms with van der Waals surface area (Å²) in [6, 6.07) is 4.01. The molecule has 1 N–H and O–H groups in total. The van der Waals surface area contributed by atoms with Crippen LogP contribution in [0, 0.1) is 0 Å². The Hall–Kier alpha value is -2.04. The number of hydrogen-bond donors (Lipinski definition) is 1. The summed E-state index contributed by atoms with van der Waals surface area (Å²) in [4.78, 5) is 4.21. The van der Waals surface area contributed by atoms with Gasteiger partial charge in [0.2, 0.25) is 5.88 Å². The Bertz CT molecular complexity index is 509. The van der Waals surface area contributed by atoms with Gasteiger partial charge < -0.3 is 10.1 Å². The fraction of sp³-hybridized carbons (Fsp3) is 0.385. The van der Waals surface area contributed by atoms with Crippen molar-refractivity contribution in [1.29, 1.82) is 0 Å². The molecule has 1 atom stereocenters. The summed E-state index contributed by atoms with van der Waals surface area (Å²) in [7, 11) is 1.91. The zero-order chi connectivity index (χ0) is 13.0. The first kappa shape index (κ1) is 12.4. The number of nitrogens with one attached hydrogen (secondary N) is 1. The predicted molar refractivity (Wildman–Crippen MR) is 70.7 cm³/mol. The molecule has 0 saturated carbocycles. The maximum Gasteiger partial charge on any atom is 0.237 e. The second-order valence-corrected chi connectivity index (χ2v) is 4.10. The van der Waals surface area contributed by atoms with Crippen LogP contribution in [0.25, 0.3) is 0 Å². The first-order chi connectivity index (χ1) is 8.70. The van der Waals surface area contributed by atoms with Crippen molar-refractivity contribution >= 4 is 5.69 Å². The second-order valence-electron chi connectivity index (χ2n) is 4.10. The molecule has 0 bridgehead atoms. The van der Waals surface area contributed by atoms with Gasteiger partial charge in [-0.15, -0.1) is 0 Å². The molecule has 1 unspecified atom stereocenters. The van der Waals surface area contributed by atoms with Crippen LogP contribution in [-0.4, -0.2) is 21.4 Å². The van der Waals surface area contributed by atoms with Crippen LogP contribution in [0.15, 0.2) is 30.7 Å². The number of aromatic nitrogens is 3. The van der Waals surface area contributed by atoms with E-state index in [-0.39, 0.29) is 6.04 Å². The summed E-state index contributed by atoms with van der Waals surface area (Å²) < 4.78 is 7.28. The molecule has 2 aromatic rings. The number of hydrogen-bond acceptors (Lipinski definition) is 4. The van der Waals surface area contributed by atoms with Crippen molar-refractivity contribution in [3.8, 4) is 5.88 Å². The van der Waals surface area contributed by atoms with Gasteiger partial charge in [0.1, 0.15) is 0 Å². The first-order valence-electron chi connectivity index (χ1n) is 6.03. The minimum atomic E-state index is 0.155. The lowest BCUT2D eigenvalue weighted by Gasteiger charge is -2.15. The van der Waals surface area contributed by atoms with Crippen molar-refractivity contribution in [3.63, 3.8) is 0 Å². The van der Waals surface area contributed by atoms with E-state index in [1.807, 2.05) is 38.5 Å². The lowest BCUT2D eigenvalue weighted by atomic mass is 10.2. The Labute approximate surface area is 107 Å². The molecular weight excluding hydrogens is 228 g/mol. The van der Waals surface area contributed by atoms with E-state index in [4.69, 9.17) is 4.74 Å². The zero-order valence-corrected chi connectivity index (χ0v) is 10.9. The standard InChI is InChI=1S/C13H18N4O/c1-4-18-13-12(6-5-7-14-13)16-10(2)11-8-15-17(3)9-11/h5-10,16H,4H2,1-3H3. The van der Waals surface area contributed by atoms with Crippen molar-refractivity contribution < 1.29 is 4.74 Å². The Morgan fingerprint density at radius 2 is 2.33 bits per heavy atom. The highest BCUT2D eigenvalue weighted by Crippen LogP contribution is 2.25. The average Bonchev–Trinajstić information content (AvgIpc) is 2.79. The molecule has 0 saturated heterocycles. The molecule has 96 valence electrons. The number of anilines is 1. The highest BCUT2D eigenvalue weighted by atomic mass is 16.5. The summed E-state index contributed by atoms with van der Waals surface area (Å²) in [6.45, 7) is 4.63. The van der Waals surface area contributed by atoms with Gasteiger partial charge in [-0.05, 0) is 26.0 Å². The summed E-state index contributed by atoms with van der Waals surface area (Å²) in [5.74, 6) is 0.635. The number of ether oxygens (including phenoxy) is 1. The van der Waals surface area contributed by atoms with Gasteiger partial charge in [-0.1, -0.05) is 0 Å². The Morgan fingerprint density at radius 3 is 3.00 bits per heavy atom. The van der Waals surface area contributed by atoms with Crippen LogP contribution in [0.5, 0.6) is 5.88 Å². The van der Waals surface area contributed by atoms with Crippen LogP contribution in [-0.2, 0) is 7.05 Å². The van der Waals surface area contributed by atoms with Gasteiger partial charge in [0, 0.05) is 25.0 Å². The van der Waals surface area contributed by atoms with Gasteiger partial charge in [-0.25, -0.2) is 4.98 Å². The highest BCUT2D eigenvalue weighted by molar-refractivity contribution is 5.53. The third-order valence-corrected chi connectivity index (χ3v) is 2.65. The zero-order valence-electron chi connectivity index (χ0n) is 10.9. The van der Waals surface area contributed by atoms with Gasteiger partial charge in [0.25, 0.3) is 0 Å². The molecule has 0 radical (unpaired) electrons. The molecule has 0 amide bonds. The lowest BCUT2D eigenvalue weighted by molar-refractivity contribution is 0.328. The maximum absolute atomic E-state index is 5.48. The van der Waals surface area contributed by atoms with E-state index in [2.05, 4.69) is 22.3 Å². The van der Waals surface area contributed by atoms with E-state index in [0.29, 0.717) is 12.5 Å². The van der Waals surface area contributed by atoms with Gasteiger partial charge in [-0.3, -0.25) is 4.68 Å². The number of rotatable bonds is 5. The molecular formula is C13H18N4O. The van der Waals surface area contributed by atoms with Crippen molar-refractivity contribution in [2.75, 3.05) is 11.9 Å². The summed E-state index contributed by atoms with van der Waals surface area (Å²) in [5, 5.41) is 7.55. The molecule has 2 heterocycles. The maximum atomic E-state index is 5.48. The van der Waals surface area contributed by atoms with E-state index in [1.165, 1.54) is 0 Å². The predicted octanol–water partition coefficient (Wildman–Crippen LogP) is 2.39. The number of aryl methyl sites for hydroxylation is 1. The monoisotopic (exact) mass is 246 g/mol. The molecule has 2 aromatic heterocycles. The summed E-state index contributed by atoms with van der Waals surface area (Å²) in [5.41, 5.74) is 2.03. The summed E-state index contributed by atoms with van der Waals surface area (Å²) >= 11 is 0. The van der Waals surface area contributed by atoms with Crippen molar-refractivity contribution in [2.45, 2.75) is 19.9 Å². The topological polar surface area (TPSA) is 52.0 Å². The highest BCUT2D eigenvalue weighted by Gasteiger charge is 2.10. The molecule has 5 nitrogen and oxygen atoms in total. The van der Waals surface area contributed by atoms with E-state index >= 15 is 0 Å². The van der Waals surface area contributed by atoms with Gasteiger partial charge in [0.15, 0.2) is 0 Å². The van der Waals surface area contributed by atoms with Crippen LogP contribution >= 0.6 is 0 Å². The second kappa shape index (κ2) is 5.53. The summed E-state index contributed by atoms with van der Waals surface area (Å²) in [6.07, 6.45) is 5.58. The Morgan fingerprint density at radius 1 is 1.50 bits per heavy atom. The minimum Gasteiger partial charge on any atom is -0.476 e. The van der Waals surface area contributed by atoms with E-state index in [0.717, 1.165) is 11.3 Å². The SMILES string of the molecule is CCOc1ncccc1NC(C)c1cnn(C)c1. The van der Waals surface area contributed by atoms with Crippen molar-refractivity contribution in [3.05, 3.63) is 36.3 Å². The smallest absolute Gasteiger partial charge is 0.237 e. The Kier molecular flexibility index (Phi) is 3.82. The van der Waals surface area contributed by atoms with Gasteiger partial charge in [0.05, 0.1) is 24.5 Å². The molecule has 0 spiro atoms. The number of pyridine rings is 1. The number of nitrogens with zero attached hydrogens (tertiary/aromatic N) is 3. The van der Waals surface area contributed by atoms with Crippen LogP contribution in [0.1, 0.15) is 25.5 Å². The molecule has 0 aliphatic carbocycles. The fourth-order valence-corrected chi connectivity index (χ4v) is 1.73. The van der Waals surface area contributed by atoms with Crippen LogP contribution in [0.3, 0.4) is 0 Å². The van der Waals surface area contributed by atoms with E-state index < -0.39 is 0 Å². The minimum absolute atomic E-state index is 0.155. The van der Waals surface area contributed by atoms with Gasteiger partial charge >= 0.3 is 0 Å². The van der Waals surface area contributed by atoms with Crippen LogP contribution in [0.2, 0.25) is 0 Å². The van der Waals surface area contributed by atoms with Gasteiger partial charge in [-0.2, -0.15) is 5.10 Å². The first-order valence-corrected chi connectivity index (χ1v) is 6.03. The van der Waals surface area contributed by atoms with Crippen molar-refractivity contribution in [2.24, 2.45) is 7.05 Å². The van der Waals surface area contributed by atoms with E-state index in [1.54, 1.807) is 10.9 Å². The molecule has 18 heavy (non-hydrogen) atoms. The third kappa shape index (κ3) is 2.80. The van der Waals surface area contributed by atoms with Crippen LogP contribution < -0.4 is 10.1 Å². The molecule has 2 rings (SSSR count). The lowest BCUT2D eigenvalue weighted by Crippen LogP contribution is -2.08. The molecule has 5 heteroatoms. The quantitative estimate of drug-likeness (QED) is 0.880. The molecule has 0 fully saturated rings. The molecule has 0 aromatic carbocycles. The average molecular weight is 246 g/mol. The third-order valence-electron chi connectivity index (χ3n) is 2.65. The molecule has 0 aliphatic rings. The fourth-order valence-electron chi connectivity index (χ4n) is 1.73. The normalized spacial score (nSPS) is 12.2. The van der Waals surface area contributed by atoms with Crippen molar-refractivity contribution in [1.82, 2.24) is 14.8 Å². The van der Waals surface area contributed by atoms with E-state index in [9.17, 15) is 0 Å². The molecule has 0 aliphatic heterocycles. The Balaban J connectivity index is 2.13. The van der Waals surface area contributed by atoms with Crippen LogP contribution in [0.4, 0.5) is 5.69 Å². The largest absolute Gasteiger partial charge is 0.476 e.